The third-order valence-corrected chi connectivity index (χ3v) is 5.12. The van der Waals surface area contributed by atoms with Crippen molar-refractivity contribution in [3.63, 3.8) is 0 Å². The quantitative estimate of drug-likeness (QED) is 0.847. The molecular formula is C19H30N4O2. The van der Waals surface area contributed by atoms with Gasteiger partial charge in [0.05, 0.1) is 24.0 Å². The van der Waals surface area contributed by atoms with Gasteiger partial charge < -0.3 is 9.47 Å². The lowest BCUT2D eigenvalue weighted by atomic mass is 9.93. The zero-order chi connectivity index (χ0) is 18.5. The van der Waals surface area contributed by atoms with Crippen LogP contribution in [0.2, 0.25) is 0 Å². The maximum Gasteiger partial charge on any atom is 0.166 e. The highest BCUT2D eigenvalue weighted by atomic mass is 16.6. The lowest BCUT2D eigenvalue weighted by Gasteiger charge is -2.24. The molecule has 25 heavy (non-hydrogen) atoms. The molecule has 4 atom stereocenters. The Hall–Kier alpha value is -1.53. The Morgan fingerprint density at radius 2 is 1.72 bits per heavy atom. The third-order valence-electron chi connectivity index (χ3n) is 5.12. The van der Waals surface area contributed by atoms with Crippen LogP contribution >= 0.6 is 0 Å². The molecule has 2 aromatic heterocycles. The minimum absolute atomic E-state index is 0.0695. The van der Waals surface area contributed by atoms with Gasteiger partial charge in [-0.15, -0.1) is 0 Å². The fourth-order valence-electron chi connectivity index (χ4n) is 3.51. The molecule has 6 nitrogen and oxygen atoms in total. The second-order valence-corrected chi connectivity index (χ2v) is 8.26. The molecule has 138 valence electrons. The fraction of sp³-hybridized carbons (Fsp3) is 0.737. The number of aromatic nitrogens is 4. The molecule has 6 heteroatoms. The van der Waals surface area contributed by atoms with Gasteiger partial charge in [-0.1, -0.05) is 13.8 Å². The zero-order valence-corrected chi connectivity index (χ0v) is 16.6. The molecule has 3 rings (SSSR count). The first kappa shape index (κ1) is 18.3. The average Bonchev–Trinajstić information content (AvgIpc) is 2.95. The monoisotopic (exact) mass is 346 g/mol. The van der Waals surface area contributed by atoms with Crippen molar-refractivity contribution in [3.05, 3.63) is 17.3 Å². The number of aryl methyl sites for hydroxylation is 3. The second kappa shape index (κ2) is 6.32. The summed E-state index contributed by atoms with van der Waals surface area (Å²) < 4.78 is 14.5. The molecule has 0 radical (unpaired) electrons. The highest BCUT2D eigenvalue weighted by Gasteiger charge is 2.42. The van der Waals surface area contributed by atoms with Crippen LogP contribution in [0.1, 0.15) is 58.2 Å². The Labute approximate surface area is 150 Å². The van der Waals surface area contributed by atoms with Crippen molar-refractivity contribution in [1.29, 1.82) is 0 Å². The van der Waals surface area contributed by atoms with Crippen molar-refractivity contribution in [2.24, 2.45) is 11.8 Å². The molecule has 3 heterocycles. The van der Waals surface area contributed by atoms with Crippen LogP contribution in [0.15, 0.2) is 0 Å². The zero-order valence-electron chi connectivity index (χ0n) is 16.6. The Morgan fingerprint density at radius 3 is 2.36 bits per heavy atom. The summed E-state index contributed by atoms with van der Waals surface area (Å²) in [6, 6.07) is 0. The van der Waals surface area contributed by atoms with Crippen LogP contribution in [-0.2, 0) is 9.47 Å². The van der Waals surface area contributed by atoms with Crippen molar-refractivity contribution < 1.29 is 9.47 Å². The van der Waals surface area contributed by atoms with Crippen LogP contribution in [-0.4, -0.2) is 37.8 Å². The van der Waals surface area contributed by atoms with Gasteiger partial charge in [-0.05, 0) is 47.5 Å². The third kappa shape index (κ3) is 3.42. The van der Waals surface area contributed by atoms with Gasteiger partial charge >= 0.3 is 0 Å². The molecule has 1 unspecified atom stereocenters. The summed E-state index contributed by atoms with van der Waals surface area (Å²) in [5, 5.41) is 0. The number of fused-ring (bicyclic) bond motifs is 1. The summed E-state index contributed by atoms with van der Waals surface area (Å²) in [7, 11) is 0. The Bertz CT molecular complexity index is 778. The standard InChI is InChI=1S/C19H30N4O2/c1-10-11(2)18(25-15(10)9-24-19(6,7)8)23-14(5)22-16-12(3)20-13(4)21-17(16)23/h10-11,15,18H,9H2,1-8H3/t10-,11?,15-,18-/m1/s1. The normalized spacial score (nSPS) is 27.4. The summed E-state index contributed by atoms with van der Waals surface area (Å²) in [5.41, 5.74) is 2.48. The average molecular weight is 346 g/mol. The highest BCUT2D eigenvalue weighted by Crippen LogP contribution is 2.41. The number of imidazole rings is 1. The van der Waals surface area contributed by atoms with E-state index in [-0.39, 0.29) is 17.9 Å². The van der Waals surface area contributed by atoms with E-state index in [0.29, 0.717) is 18.4 Å². The Kier molecular flexibility index (Phi) is 4.62. The molecule has 0 amide bonds. The number of hydrogen-bond donors (Lipinski definition) is 0. The molecule has 0 N–H and O–H groups in total. The van der Waals surface area contributed by atoms with Gasteiger partial charge in [-0.25, -0.2) is 15.0 Å². The van der Waals surface area contributed by atoms with Crippen LogP contribution in [0.4, 0.5) is 0 Å². The number of hydrogen-bond acceptors (Lipinski definition) is 5. The Balaban J connectivity index is 1.94. The predicted octanol–water partition coefficient (Wildman–Crippen LogP) is 3.74. The van der Waals surface area contributed by atoms with E-state index in [4.69, 9.17) is 14.5 Å². The summed E-state index contributed by atoms with van der Waals surface area (Å²) in [4.78, 5) is 13.8. The molecule has 0 saturated carbocycles. The van der Waals surface area contributed by atoms with Gasteiger partial charge in [0, 0.05) is 5.92 Å². The minimum atomic E-state index is -0.163. The summed E-state index contributed by atoms with van der Waals surface area (Å²) >= 11 is 0. The van der Waals surface area contributed by atoms with E-state index in [1.54, 1.807) is 0 Å². The van der Waals surface area contributed by atoms with Gasteiger partial charge in [0.15, 0.2) is 5.65 Å². The Morgan fingerprint density at radius 1 is 1.04 bits per heavy atom. The fourth-order valence-corrected chi connectivity index (χ4v) is 3.51. The molecule has 2 aromatic rings. The predicted molar refractivity (Wildman–Crippen MR) is 97.5 cm³/mol. The molecule has 0 spiro atoms. The van der Waals surface area contributed by atoms with Crippen molar-refractivity contribution in [2.45, 2.75) is 73.3 Å². The minimum Gasteiger partial charge on any atom is -0.373 e. The van der Waals surface area contributed by atoms with Crippen molar-refractivity contribution in [2.75, 3.05) is 6.61 Å². The van der Waals surface area contributed by atoms with Gasteiger partial charge in [-0.3, -0.25) is 4.57 Å². The summed E-state index contributed by atoms with van der Waals surface area (Å²) in [5.74, 6) is 2.42. The van der Waals surface area contributed by atoms with E-state index < -0.39 is 0 Å². The molecule has 0 bridgehead atoms. The van der Waals surface area contributed by atoms with Crippen LogP contribution in [0, 0.1) is 32.6 Å². The largest absolute Gasteiger partial charge is 0.373 e. The molecule has 1 aliphatic rings. The SMILES string of the molecule is Cc1nc(C)c2nc(C)n([C@@H]3O[C@H](COC(C)(C)C)[C@H](C)C3C)c2n1. The van der Waals surface area contributed by atoms with Gasteiger partial charge in [0.25, 0.3) is 0 Å². The summed E-state index contributed by atoms with van der Waals surface area (Å²) in [6.45, 7) is 17.2. The maximum absolute atomic E-state index is 6.43. The van der Waals surface area contributed by atoms with Gasteiger partial charge in [0.1, 0.15) is 23.4 Å². The first-order valence-corrected chi connectivity index (χ1v) is 9.07. The molecular weight excluding hydrogens is 316 g/mol. The van der Waals surface area contributed by atoms with E-state index in [9.17, 15) is 0 Å². The van der Waals surface area contributed by atoms with Crippen molar-refractivity contribution >= 4 is 11.2 Å². The molecule has 0 aliphatic carbocycles. The second-order valence-electron chi connectivity index (χ2n) is 8.26. The molecule has 0 aromatic carbocycles. The lowest BCUT2D eigenvalue weighted by Crippen LogP contribution is -2.29. The van der Waals surface area contributed by atoms with Crippen LogP contribution in [0.5, 0.6) is 0 Å². The molecule has 1 aliphatic heterocycles. The topological polar surface area (TPSA) is 62.1 Å². The van der Waals surface area contributed by atoms with Crippen LogP contribution in [0.3, 0.4) is 0 Å². The van der Waals surface area contributed by atoms with E-state index in [0.717, 1.165) is 28.5 Å². The summed E-state index contributed by atoms with van der Waals surface area (Å²) in [6.07, 6.45) is -0.0117. The van der Waals surface area contributed by atoms with E-state index in [2.05, 4.69) is 49.2 Å². The number of rotatable bonds is 3. The molecule has 1 fully saturated rings. The van der Waals surface area contributed by atoms with Gasteiger partial charge in [-0.2, -0.15) is 0 Å². The van der Waals surface area contributed by atoms with Crippen LogP contribution < -0.4 is 0 Å². The highest BCUT2D eigenvalue weighted by molar-refractivity contribution is 5.74. The first-order valence-electron chi connectivity index (χ1n) is 9.07. The smallest absolute Gasteiger partial charge is 0.166 e. The van der Waals surface area contributed by atoms with E-state index >= 15 is 0 Å². The number of nitrogens with zero attached hydrogens (tertiary/aromatic N) is 4. The maximum atomic E-state index is 6.43. The van der Waals surface area contributed by atoms with Crippen molar-refractivity contribution in [1.82, 2.24) is 19.5 Å². The van der Waals surface area contributed by atoms with E-state index in [1.807, 2.05) is 20.8 Å². The van der Waals surface area contributed by atoms with E-state index in [1.165, 1.54) is 0 Å². The van der Waals surface area contributed by atoms with Crippen LogP contribution in [0.25, 0.3) is 11.2 Å². The van der Waals surface area contributed by atoms with Crippen molar-refractivity contribution in [3.8, 4) is 0 Å². The number of ether oxygens (including phenoxy) is 2. The molecule has 1 saturated heterocycles. The first-order chi connectivity index (χ1) is 11.6. The van der Waals surface area contributed by atoms with Gasteiger partial charge in [0.2, 0.25) is 0 Å². The lowest BCUT2D eigenvalue weighted by molar-refractivity contribution is -0.0897.